The summed E-state index contributed by atoms with van der Waals surface area (Å²) in [4.78, 5) is 0. The summed E-state index contributed by atoms with van der Waals surface area (Å²) >= 11 is 7.59. The highest BCUT2D eigenvalue weighted by Gasteiger charge is 1.97. The van der Waals surface area contributed by atoms with E-state index in [2.05, 4.69) is 13.2 Å². The van der Waals surface area contributed by atoms with Crippen molar-refractivity contribution in [1.29, 1.82) is 0 Å². The van der Waals surface area contributed by atoms with Crippen LogP contribution in [0.4, 0.5) is 0 Å². The average molecular weight is 181 g/mol. The minimum absolute atomic E-state index is 0.712. The van der Waals surface area contributed by atoms with Crippen molar-refractivity contribution in [2.75, 3.05) is 17.9 Å². The molecule has 0 aliphatic heterocycles. The first-order valence-electron chi connectivity index (χ1n) is 3.86. The fraction of sp³-hybridized carbons (Fsp3) is 1.00. The Labute approximate surface area is 73.7 Å². The summed E-state index contributed by atoms with van der Waals surface area (Å²) < 4.78 is 0. The van der Waals surface area contributed by atoms with Crippen molar-refractivity contribution in [2.24, 2.45) is 5.92 Å². The first-order valence-corrected chi connectivity index (χ1v) is 5.79. The number of hydrogen-bond acceptors (Lipinski definition) is 1. The Balaban J connectivity index is 2.89. The minimum Gasteiger partial charge on any atom is -0.165 e. The molecule has 1 atom stereocenters. The molecule has 0 nitrogen and oxygen atoms in total. The van der Waals surface area contributed by atoms with Crippen molar-refractivity contribution in [3.8, 4) is 0 Å². The Morgan fingerprint density at radius 3 is 2.60 bits per heavy atom. The lowest BCUT2D eigenvalue weighted by Crippen LogP contribution is -1.95. The molecule has 0 bridgehead atoms. The predicted octanol–water partition coefficient (Wildman–Crippen LogP) is 3.39. The van der Waals surface area contributed by atoms with Crippen molar-refractivity contribution in [3.63, 3.8) is 0 Å². The van der Waals surface area contributed by atoms with Crippen molar-refractivity contribution >= 4 is 23.4 Å². The highest BCUT2D eigenvalue weighted by molar-refractivity contribution is 7.98. The smallest absolute Gasteiger partial charge is 0.0249 e. The maximum Gasteiger partial charge on any atom is 0.0249 e. The maximum absolute atomic E-state index is 5.66. The van der Waals surface area contributed by atoms with Gasteiger partial charge in [0.05, 0.1) is 0 Å². The zero-order chi connectivity index (χ0) is 7.82. The zero-order valence-corrected chi connectivity index (χ0v) is 8.47. The molecule has 0 aliphatic carbocycles. The normalized spacial score (nSPS) is 13.5. The molecule has 0 heterocycles. The molecule has 0 aromatic rings. The fourth-order valence-electron chi connectivity index (χ4n) is 0.816. The van der Waals surface area contributed by atoms with Crippen LogP contribution in [0.5, 0.6) is 0 Å². The Kier molecular flexibility index (Phi) is 8.24. The van der Waals surface area contributed by atoms with Gasteiger partial charge in [-0.15, -0.1) is 11.6 Å². The van der Waals surface area contributed by atoms with Crippen molar-refractivity contribution in [2.45, 2.75) is 26.2 Å². The quantitative estimate of drug-likeness (QED) is 0.446. The van der Waals surface area contributed by atoms with E-state index in [0.29, 0.717) is 5.92 Å². The van der Waals surface area contributed by atoms with E-state index in [1.807, 2.05) is 11.8 Å². The second kappa shape index (κ2) is 7.74. The van der Waals surface area contributed by atoms with E-state index in [4.69, 9.17) is 11.6 Å². The topological polar surface area (TPSA) is 0 Å². The average Bonchev–Trinajstić information content (AvgIpc) is 1.98. The van der Waals surface area contributed by atoms with Crippen LogP contribution in [0.2, 0.25) is 0 Å². The third kappa shape index (κ3) is 6.76. The summed E-state index contributed by atoms with van der Waals surface area (Å²) in [7, 11) is 0. The molecule has 0 aromatic heterocycles. The summed E-state index contributed by atoms with van der Waals surface area (Å²) in [6, 6.07) is 0. The number of alkyl halides is 1. The third-order valence-corrected chi connectivity index (χ3v) is 2.78. The standard InChI is InChI=1S/C8H17ClS/c1-8(7-9)5-3-4-6-10-2/h8H,3-7H2,1-2H3. The first-order chi connectivity index (χ1) is 4.81. The molecular weight excluding hydrogens is 164 g/mol. The molecule has 0 fully saturated rings. The van der Waals surface area contributed by atoms with Crippen LogP contribution in [0.3, 0.4) is 0 Å². The van der Waals surface area contributed by atoms with E-state index in [-0.39, 0.29) is 0 Å². The van der Waals surface area contributed by atoms with E-state index < -0.39 is 0 Å². The molecule has 0 saturated carbocycles. The van der Waals surface area contributed by atoms with Crippen LogP contribution in [-0.2, 0) is 0 Å². The Hall–Kier alpha value is 0.640. The minimum atomic E-state index is 0.712. The van der Waals surface area contributed by atoms with Crippen molar-refractivity contribution < 1.29 is 0 Å². The highest BCUT2D eigenvalue weighted by Crippen LogP contribution is 2.10. The second-order valence-electron chi connectivity index (χ2n) is 2.75. The van der Waals surface area contributed by atoms with Gasteiger partial charge in [0.15, 0.2) is 0 Å². The highest BCUT2D eigenvalue weighted by atomic mass is 35.5. The monoisotopic (exact) mass is 180 g/mol. The van der Waals surface area contributed by atoms with Crippen LogP contribution >= 0.6 is 23.4 Å². The number of rotatable bonds is 6. The predicted molar refractivity (Wildman–Crippen MR) is 52.1 cm³/mol. The van der Waals surface area contributed by atoms with E-state index in [1.165, 1.54) is 25.0 Å². The van der Waals surface area contributed by atoms with Gasteiger partial charge >= 0.3 is 0 Å². The van der Waals surface area contributed by atoms with Gasteiger partial charge in [-0.2, -0.15) is 11.8 Å². The summed E-state index contributed by atoms with van der Waals surface area (Å²) in [6.07, 6.45) is 6.14. The van der Waals surface area contributed by atoms with Gasteiger partial charge in [-0.25, -0.2) is 0 Å². The van der Waals surface area contributed by atoms with Gasteiger partial charge < -0.3 is 0 Å². The first kappa shape index (κ1) is 10.6. The van der Waals surface area contributed by atoms with Crippen LogP contribution in [0.1, 0.15) is 26.2 Å². The van der Waals surface area contributed by atoms with Crippen LogP contribution in [0, 0.1) is 5.92 Å². The Morgan fingerprint density at radius 2 is 2.10 bits per heavy atom. The lowest BCUT2D eigenvalue weighted by molar-refractivity contribution is 0.557. The van der Waals surface area contributed by atoms with Crippen LogP contribution in [0.25, 0.3) is 0 Å². The van der Waals surface area contributed by atoms with E-state index >= 15 is 0 Å². The molecule has 0 saturated heterocycles. The molecule has 0 radical (unpaired) electrons. The van der Waals surface area contributed by atoms with Gasteiger partial charge in [0.2, 0.25) is 0 Å². The van der Waals surface area contributed by atoms with E-state index in [0.717, 1.165) is 5.88 Å². The molecule has 0 spiro atoms. The number of thioether (sulfide) groups is 1. The number of unbranched alkanes of at least 4 members (excludes halogenated alkanes) is 1. The Morgan fingerprint density at radius 1 is 1.40 bits per heavy atom. The zero-order valence-electron chi connectivity index (χ0n) is 6.90. The summed E-state index contributed by atoms with van der Waals surface area (Å²) in [5.41, 5.74) is 0. The van der Waals surface area contributed by atoms with Crippen LogP contribution < -0.4 is 0 Å². The maximum atomic E-state index is 5.66. The summed E-state index contributed by atoms with van der Waals surface area (Å²) in [5, 5.41) is 0. The van der Waals surface area contributed by atoms with Crippen LogP contribution in [0.15, 0.2) is 0 Å². The summed E-state index contributed by atoms with van der Waals surface area (Å²) in [6.45, 7) is 2.21. The number of halogens is 1. The Bertz CT molecular complexity index is 66.3. The molecule has 0 aliphatic rings. The van der Waals surface area contributed by atoms with E-state index in [1.54, 1.807) is 0 Å². The molecular formula is C8H17ClS. The molecule has 0 rings (SSSR count). The van der Waals surface area contributed by atoms with Gasteiger partial charge in [0, 0.05) is 5.88 Å². The summed E-state index contributed by atoms with van der Waals surface area (Å²) in [5.74, 6) is 2.83. The molecule has 1 unspecified atom stereocenters. The largest absolute Gasteiger partial charge is 0.165 e. The van der Waals surface area contributed by atoms with Gasteiger partial charge in [-0.1, -0.05) is 13.3 Å². The van der Waals surface area contributed by atoms with Crippen molar-refractivity contribution in [1.82, 2.24) is 0 Å². The van der Waals surface area contributed by atoms with Crippen LogP contribution in [-0.4, -0.2) is 17.9 Å². The lowest BCUT2D eigenvalue weighted by Gasteiger charge is -2.04. The lowest BCUT2D eigenvalue weighted by atomic mass is 10.1. The molecule has 10 heavy (non-hydrogen) atoms. The molecule has 62 valence electrons. The molecule has 0 aromatic carbocycles. The van der Waals surface area contributed by atoms with Crippen molar-refractivity contribution in [3.05, 3.63) is 0 Å². The SMILES string of the molecule is CSCCCCC(C)CCl. The second-order valence-corrected chi connectivity index (χ2v) is 4.04. The van der Waals surface area contributed by atoms with E-state index in [9.17, 15) is 0 Å². The number of hydrogen-bond donors (Lipinski definition) is 0. The van der Waals surface area contributed by atoms with Gasteiger partial charge in [-0.05, 0) is 30.8 Å². The fourth-order valence-corrected chi connectivity index (χ4v) is 1.46. The molecule has 2 heteroatoms. The molecule has 0 N–H and O–H groups in total. The van der Waals surface area contributed by atoms with Gasteiger partial charge in [-0.3, -0.25) is 0 Å². The third-order valence-electron chi connectivity index (χ3n) is 1.56. The molecule has 0 amide bonds. The van der Waals surface area contributed by atoms with Gasteiger partial charge in [0.1, 0.15) is 0 Å². The van der Waals surface area contributed by atoms with Gasteiger partial charge in [0.25, 0.3) is 0 Å².